The number of carboxylic acids is 1. The molecule has 9 heteroatoms. The van der Waals surface area contributed by atoms with E-state index in [9.17, 15) is 19.5 Å². The van der Waals surface area contributed by atoms with Crippen molar-refractivity contribution in [2.75, 3.05) is 13.2 Å². The van der Waals surface area contributed by atoms with Gasteiger partial charge in [-0.3, -0.25) is 4.79 Å². The number of carboxylic acid groups (broad SMARTS) is 1. The zero-order valence-electron chi connectivity index (χ0n) is 13.3. The molecular formula is C15H18N2O6S. The first-order valence-corrected chi connectivity index (χ1v) is 8.26. The molecule has 0 radical (unpaired) electrons. The maximum atomic E-state index is 11.6. The van der Waals surface area contributed by atoms with Gasteiger partial charge in [-0.1, -0.05) is 18.3 Å². The van der Waals surface area contributed by atoms with E-state index in [4.69, 9.17) is 9.47 Å². The normalized spacial score (nSPS) is 31.1. The van der Waals surface area contributed by atoms with Gasteiger partial charge in [0.2, 0.25) is 5.91 Å². The number of nitrogens with zero attached hydrogens (tertiary/aromatic N) is 1. The van der Waals surface area contributed by atoms with Crippen LogP contribution < -0.4 is 5.32 Å². The zero-order valence-corrected chi connectivity index (χ0v) is 14.1. The van der Waals surface area contributed by atoms with Crippen LogP contribution >= 0.6 is 11.8 Å². The number of ether oxygens (including phenoxy) is 2. The Morgan fingerprint density at radius 1 is 1.50 bits per heavy atom. The van der Waals surface area contributed by atoms with Crippen LogP contribution in [0, 0.1) is 5.92 Å². The van der Waals surface area contributed by atoms with Crippen LogP contribution in [-0.4, -0.2) is 52.8 Å². The van der Waals surface area contributed by atoms with Crippen LogP contribution in [-0.2, 0) is 19.1 Å². The first kappa shape index (κ1) is 16.7. The van der Waals surface area contributed by atoms with Crippen molar-refractivity contribution in [3.63, 3.8) is 0 Å². The van der Waals surface area contributed by atoms with E-state index in [0.29, 0.717) is 22.9 Å². The Morgan fingerprint density at radius 2 is 2.21 bits per heavy atom. The molecule has 0 spiro atoms. The Morgan fingerprint density at radius 3 is 2.75 bits per heavy atom. The van der Waals surface area contributed by atoms with Crippen LogP contribution in [0.4, 0.5) is 4.79 Å². The van der Waals surface area contributed by atoms with Gasteiger partial charge in [-0.2, -0.15) is 0 Å². The van der Waals surface area contributed by atoms with E-state index in [-0.39, 0.29) is 30.2 Å². The van der Waals surface area contributed by atoms with Gasteiger partial charge in [0.25, 0.3) is 0 Å². The second-order valence-electron chi connectivity index (χ2n) is 6.27. The first-order valence-electron chi connectivity index (χ1n) is 7.44. The Balaban J connectivity index is 1.74. The Kier molecular flexibility index (Phi) is 3.98. The highest BCUT2D eigenvalue weighted by Gasteiger charge is 2.59. The van der Waals surface area contributed by atoms with Gasteiger partial charge in [0, 0.05) is 36.8 Å². The Labute approximate surface area is 142 Å². The number of nitrogens with one attached hydrogen (secondary N) is 1. The van der Waals surface area contributed by atoms with Crippen LogP contribution in [0.3, 0.4) is 0 Å². The molecule has 3 heterocycles. The summed E-state index contributed by atoms with van der Waals surface area (Å²) in [6.45, 7) is 7.57. The molecule has 3 aliphatic heterocycles. The van der Waals surface area contributed by atoms with Crippen molar-refractivity contribution in [3.8, 4) is 0 Å². The molecule has 2 saturated heterocycles. The molecule has 2 fully saturated rings. The predicted octanol–water partition coefficient (Wildman–Crippen LogP) is 1.25. The van der Waals surface area contributed by atoms with Gasteiger partial charge in [0.1, 0.15) is 12.3 Å². The van der Waals surface area contributed by atoms with Gasteiger partial charge in [-0.25, -0.2) is 9.59 Å². The SMILES string of the molecule is C=C(NC(C)=O)SC1=C(C(=O)O)N2CC(C3(C)COC(=O)O3)C2C1. The zero-order chi connectivity index (χ0) is 17.6. The molecule has 1 amide bonds. The molecule has 0 aromatic heterocycles. The summed E-state index contributed by atoms with van der Waals surface area (Å²) < 4.78 is 10.2. The number of rotatable bonds is 5. The molecule has 3 rings (SSSR count). The molecule has 130 valence electrons. The number of carbonyl (C=O) groups excluding carboxylic acids is 2. The summed E-state index contributed by atoms with van der Waals surface area (Å²) in [5.41, 5.74) is -0.516. The fourth-order valence-corrected chi connectivity index (χ4v) is 4.49. The molecule has 3 unspecified atom stereocenters. The average molecular weight is 354 g/mol. The van der Waals surface area contributed by atoms with Gasteiger partial charge in [-0.05, 0) is 6.92 Å². The van der Waals surface area contributed by atoms with Gasteiger partial charge < -0.3 is 24.8 Å². The summed E-state index contributed by atoms with van der Waals surface area (Å²) in [5.74, 6) is -1.28. The third-order valence-corrected chi connectivity index (χ3v) is 5.50. The van der Waals surface area contributed by atoms with E-state index in [1.165, 1.54) is 6.92 Å². The van der Waals surface area contributed by atoms with Gasteiger partial charge >= 0.3 is 12.1 Å². The molecule has 0 aliphatic carbocycles. The van der Waals surface area contributed by atoms with E-state index in [2.05, 4.69) is 11.9 Å². The number of amides is 1. The average Bonchev–Trinajstić information content (AvgIpc) is 2.89. The fourth-order valence-electron chi connectivity index (χ4n) is 3.44. The maximum Gasteiger partial charge on any atom is 0.509 e. The monoisotopic (exact) mass is 354 g/mol. The maximum absolute atomic E-state index is 11.6. The van der Waals surface area contributed by atoms with Gasteiger partial charge in [0.05, 0.1) is 5.03 Å². The minimum atomic E-state index is -1.01. The molecule has 0 aromatic rings. The van der Waals surface area contributed by atoms with Crippen LogP contribution in [0.25, 0.3) is 0 Å². The molecule has 0 aromatic carbocycles. The van der Waals surface area contributed by atoms with E-state index in [1.807, 2.05) is 6.92 Å². The van der Waals surface area contributed by atoms with E-state index in [0.717, 1.165) is 11.8 Å². The summed E-state index contributed by atoms with van der Waals surface area (Å²) in [6.07, 6.45) is -0.183. The Bertz CT molecular complexity index is 675. The summed E-state index contributed by atoms with van der Waals surface area (Å²) >= 11 is 1.16. The highest BCUT2D eigenvalue weighted by molar-refractivity contribution is 8.06. The summed E-state index contributed by atoms with van der Waals surface area (Å²) in [4.78, 5) is 36.4. The number of fused-ring (bicyclic) bond motifs is 1. The number of aliphatic carboxylic acids is 1. The number of hydrogen-bond donors (Lipinski definition) is 2. The Hall–Kier alpha value is -2.16. The summed E-state index contributed by atoms with van der Waals surface area (Å²) in [6, 6.07) is -0.0665. The lowest BCUT2D eigenvalue weighted by Gasteiger charge is -2.50. The van der Waals surface area contributed by atoms with Crippen molar-refractivity contribution in [3.05, 3.63) is 22.2 Å². The second-order valence-corrected chi connectivity index (χ2v) is 7.46. The highest BCUT2D eigenvalue weighted by Crippen LogP contribution is 2.50. The van der Waals surface area contributed by atoms with Crippen molar-refractivity contribution in [2.45, 2.75) is 31.9 Å². The molecule has 8 nitrogen and oxygen atoms in total. The van der Waals surface area contributed by atoms with Crippen LogP contribution in [0.2, 0.25) is 0 Å². The minimum absolute atomic E-state index is 0.00886. The van der Waals surface area contributed by atoms with Crippen molar-refractivity contribution >= 4 is 29.8 Å². The first-order chi connectivity index (χ1) is 11.2. The molecule has 2 N–H and O–H groups in total. The smallest absolute Gasteiger partial charge is 0.477 e. The lowest BCUT2D eigenvalue weighted by atomic mass is 9.76. The van der Waals surface area contributed by atoms with Gasteiger partial charge in [0.15, 0.2) is 5.60 Å². The lowest BCUT2D eigenvalue weighted by Crippen LogP contribution is -2.62. The molecule has 3 atom stereocenters. The van der Waals surface area contributed by atoms with Crippen LogP contribution in [0.1, 0.15) is 20.3 Å². The molecule has 0 saturated carbocycles. The van der Waals surface area contributed by atoms with E-state index >= 15 is 0 Å². The third kappa shape index (κ3) is 2.72. The minimum Gasteiger partial charge on any atom is -0.477 e. The fraction of sp³-hybridized carbons (Fsp3) is 0.533. The van der Waals surface area contributed by atoms with E-state index in [1.54, 1.807) is 4.90 Å². The van der Waals surface area contributed by atoms with E-state index < -0.39 is 17.7 Å². The standard InChI is InChI=1S/C15H18N2O6S/c1-7(18)16-8(2)24-11-4-10-9(5-17(10)12(11)13(19)20)15(3)6-22-14(21)23-15/h9-10H,2,4-6H2,1,3H3,(H,16,18)(H,19,20). The van der Waals surface area contributed by atoms with Crippen molar-refractivity contribution < 1.29 is 29.0 Å². The lowest BCUT2D eigenvalue weighted by molar-refractivity contribution is -0.138. The number of cyclic esters (lactones) is 2. The molecule has 0 bridgehead atoms. The quantitative estimate of drug-likeness (QED) is 0.711. The van der Waals surface area contributed by atoms with Crippen LogP contribution in [0.15, 0.2) is 22.2 Å². The topological polar surface area (TPSA) is 105 Å². The highest BCUT2D eigenvalue weighted by atomic mass is 32.2. The number of thioether (sulfide) groups is 1. The third-order valence-electron chi connectivity index (χ3n) is 4.55. The van der Waals surface area contributed by atoms with Crippen LogP contribution in [0.5, 0.6) is 0 Å². The van der Waals surface area contributed by atoms with Gasteiger partial charge in [-0.15, -0.1) is 0 Å². The number of carbonyl (C=O) groups is 3. The molecular weight excluding hydrogens is 336 g/mol. The summed E-state index contributed by atoms with van der Waals surface area (Å²) in [7, 11) is 0. The predicted molar refractivity (Wildman–Crippen MR) is 84.6 cm³/mol. The van der Waals surface area contributed by atoms with Crippen molar-refractivity contribution in [1.29, 1.82) is 0 Å². The van der Waals surface area contributed by atoms with Crippen molar-refractivity contribution in [2.24, 2.45) is 5.92 Å². The summed E-state index contributed by atoms with van der Waals surface area (Å²) in [5, 5.41) is 12.5. The largest absolute Gasteiger partial charge is 0.509 e. The molecule has 24 heavy (non-hydrogen) atoms. The second kappa shape index (κ2) is 5.73. The number of hydrogen-bond acceptors (Lipinski definition) is 7. The molecule has 3 aliphatic rings. The van der Waals surface area contributed by atoms with Crippen molar-refractivity contribution in [1.82, 2.24) is 10.2 Å².